The van der Waals surface area contributed by atoms with Crippen LogP contribution in [0.3, 0.4) is 0 Å². The largest absolute Gasteiger partial charge is 0.494 e. The Balaban J connectivity index is 2.28. The number of nitrogens with one attached hydrogen (secondary N) is 1. The molecule has 1 N–H and O–H groups in total. The van der Waals surface area contributed by atoms with Gasteiger partial charge in [-0.2, -0.15) is 0 Å². The molecule has 0 saturated carbocycles. The molecule has 1 aromatic rings. The first-order valence-corrected chi connectivity index (χ1v) is 7.28. The zero-order valence-corrected chi connectivity index (χ0v) is 13.4. The Morgan fingerprint density at radius 1 is 1.22 bits per heavy atom. The molecule has 0 spiro atoms. The van der Waals surface area contributed by atoms with E-state index < -0.39 is 0 Å². The summed E-state index contributed by atoms with van der Waals surface area (Å²) in [4.78, 5) is 0. The van der Waals surface area contributed by atoms with Crippen molar-refractivity contribution in [3.8, 4) is 5.75 Å². The van der Waals surface area contributed by atoms with E-state index in [4.69, 9.17) is 4.74 Å². The van der Waals surface area contributed by atoms with Gasteiger partial charge in [-0.15, -0.1) is 0 Å². The highest BCUT2D eigenvalue weighted by molar-refractivity contribution is 9.10. The quantitative estimate of drug-likeness (QED) is 0.793. The van der Waals surface area contributed by atoms with Crippen LogP contribution in [0.1, 0.15) is 33.6 Å². The molecule has 0 aliphatic heterocycles. The molecule has 0 fully saturated rings. The minimum atomic E-state index is 0.298. The summed E-state index contributed by atoms with van der Waals surface area (Å²) < 4.78 is 6.80. The Kier molecular flexibility index (Phi) is 6.16. The molecule has 1 rings (SSSR count). The zero-order chi connectivity index (χ0) is 13.6. The predicted molar refractivity (Wildman–Crippen MR) is 81.2 cm³/mol. The van der Waals surface area contributed by atoms with Gasteiger partial charge in [0.2, 0.25) is 0 Å². The van der Waals surface area contributed by atoms with Gasteiger partial charge in [-0.25, -0.2) is 0 Å². The van der Waals surface area contributed by atoms with Gasteiger partial charge < -0.3 is 10.1 Å². The second kappa shape index (κ2) is 7.15. The van der Waals surface area contributed by atoms with Crippen molar-refractivity contribution in [1.29, 1.82) is 0 Å². The summed E-state index contributed by atoms with van der Waals surface area (Å²) in [6.45, 7) is 7.58. The van der Waals surface area contributed by atoms with E-state index in [1.165, 1.54) is 0 Å². The SMILES string of the molecule is CNC(CCCOc1ccc(Br)cc1)C(C)(C)C. The molecule has 0 aromatic heterocycles. The van der Waals surface area contributed by atoms with E-state index in [0.29, 0.717) is 11.5 Å². The normalized spacial score (nSPS) is 13.4. The number of ether oxygens (including phenoxy) is 1. The summed E-state index contributed by atoms with van der Waals surface area (Å²) >= 11 is 3.41. The Bertz CT molecular complexity index is 343. The Hall–Kier alpha value is -0.540. The summed E-state index contributed by atoms with van der Waals surface area (Å²) in [7, 11) is 2.03. The van der Waals surface area contributed by atoms with E-state index in [-0.39, 0.29) is 0 Å². The summed E-state index contributed by atoms with van der Waals surface area (Å²) in [5.41, 5.74) is 0.298. The molecule has 2 nitrogen and oxygen atoms in total. The minimum absolute atomic E-state index is 0.298. The van der Waals surface area contributed by atoms with Gasteiger partial charge in [0.1, 0.15) is 5.75 Å². The van der Waals surface area contributed by atoms with Gasteiger partial charge in [-0.3, -0.25) is 0 Å². The third-order valence-electron chi connectivity index (χ3n) is 3.11. The number of hydrogen-bond acceptors (Lipinski definition) is 2. The molecule has 102 valence electrons. The van der Waals surface area contributed by atoms with Crippen LogP contribution in [-0.2, 0) is 0 Å². The van der Waals surface area contributed by atoms with Crippen LogP contribution >= 0.6 is 15.9 Å². The maximum atomic E-state index is 5.72. The fourth-order valence-electron chi connectivity index (χ4n) is 2.02. The first kappa shape index (κ1) is 15.5. The lowest BCUT2D eigenvalue weighted by Gasteiger charge is -2.30. The van der Waals surface area contributed by atoms with Gasteiger partial charge in [0.05, 0.1) is 6.61 Å². The molecule has 0 heterocycles. The van der Waals surface area contributed by atoms with Gasteiger partial charge >= 0.3 is 0 Å². The standard InChI is InChI=1S/C15H24BrNO/c1-15(2,3)14(17-4)6-5-11-18-13-9-7-12(16)8-10-13/h7-10,14,17H,5-6,11H2,1-4H3. The Labute approximate surface area is 119 Å². The third kappa shape index (κ3) is 5.40. The first-order valence-electron chi connectivity index (χ1n) is 6.49. The molecule has 3 heteroatoms. The molecule has 0 radical (unpaired) electrons. The summed E-state index contributed by atoms with van der Waals surface area (Å²) in [5.74, 6) is 0.940. The molecule has 1 unspecified atom stereocenters. The molecular weight excluding hydrogens is 290 g/mol. The van der Waals surface area contributed by atoms with Crippen LogP contribution in [0.5, 0.6) is 5.75 Å². The van der Waals surface area contributed by atoms with E-state index in [9.17, 15) is 0 Å². The lowest BCUT2D eigenvalue weighted by molar-refractivity contribution is 0.237. The summed E-state index contributed by atoms with van der Waals surface area (Å²) in [6.07, 6.45) is 2.20. The zero-order valence-electron chi connectivity index (χ0n) is 11.8. The molecule has 0 bridgehead atoms. The molecular formula is C15H24BrNO. The monoisotopic (exact) mass is 313 g/mol. The maximum Gasteiger partial charge on any atom is 0.119 e. The maximum absolute atomic E-state index is 5.72. The Morgan fingerprint density at radius 2 is 1.83 bits per heavy atom. The van der Waals surface area contributed by atoms with Gasteiger partial charge in [-0.1, -0.05) is 36.7 Å². The average molecular weight is 314 g/mol. The van der Waals surface area contributed by atoms with Crippen LogP contribution in [-0.4, -0.2) is 19.7 Å². The average Bonchev–Trinajstić information content (AvgIpc) is 2.30. The van der Waals surface area contributed by atoms with Crippen LogP contribution < -0.4 is 10.1 Å². The van der Waals surface area contributed by atoms with Crippen molar-refractivity contribution in [3.05, 3.63) is 28.7 Å². The second-order valence-electron chi connectivity index (χ2n) is 5.65. The highest BCUT2D eigenvalue weighted by atomic mass is 79.9. The van der Waals surface area contributed by atoms with Gasteiger partial charge in [0.25, 0.3) is 0 Å². The first-order chi connectivity index (χ1) is 8.43. The fraction of sp³-hybridized carbons (Fsp3) is 0.600. The molecule has 0 aliphatic carbocycles. The van der Waals surface area contributed by atoms with E-state index in [0.717, 1.165) is 29.7 Å². The van der Waals surface area contributed by atoms with Crippen molar-refractivity contribution < 1.29 is 4.74 Å². The Morgan fingerprint density at radius 3 is 2.33 bits per heavy atom. The second-order valence-corrected chi connectivity index (χ2v) is 6.57. The summed E-state index contributed by atoms with van der Waals surface area (Å²) in [6, 6.07) is 8.51. The number of hydrogen-bond donors (Lipinski definition) is 1. The number of halogens is 1. The lowest BCUT2D eigenvalue weighted by atomic mass is 9.84. The topological polar surface area (TPSA) is 21.3 Å². The van der Waals surface area contributed by atoms with E-state index in [1.807, 2.05) is 31.3 Å². The highest BCUT2D eigenvalue weighted by Gasteiger charge is 2.22. The molecule has 1 atom stereocenters. The number of rotatable bonds is 6. The van der Waals surface area contributed by atoms with E-state index in [1.54, 1.807) is 0 Å². The smallest absolute Gasteiger partial charge is 0.119 e. The lowest BCUT2D eigenvalue weighted by Crippen LogP contribution is -2.38. The van der Waals surface area contributed by atoms with E-state index >= 15 is 0 Å². The minimum Gasteiger partial charge on any atom is -0.494 e. The van der Waals surface area contributed by atoms with Crippen LogP contribution in [0.25, 0.3) is 0 Å². The fourth-order valence-corrected chi connectivity index (χ4v) is 2.28. The molecule has 1 aromatic carbocycles. The van der Waals surface area contributed by atoms with Crippen LogP contribution in [0.2, 0.25) is 0 Å². The number of benzene rings is 1. The van der Waals surface area contributed by atoms with Crippen LogP contribution in [0.15, 0.2) is 28.7 Å². The van der Waals surface area contributed by atoms with Crippen molar-refractivity contribution in [1.82, 2.24) is 5.32 Å². The predicted octanol–water partition coefficient (Wildman–Crippen LogP) is 4.24. The van der Waals surface area contributed by atoms with Gasteiger partial charge in [0, 0.05) is 10.5 Å². The van der Waals surface area contributed by atoms with Gasteiger partial charge in [0.15, 0.2) is 0 Å². The van der Waals surface area contributed by atoms with Crippen LogP contribution in [0.4, 0.5) is 0 Å². The highest BCUT2D eigenvalue weighted by Crippen LogP contribution is 2.23. The summed E-state index contributed by atoms with van der Waals surface area (Å²) in [5, 5.41) is 3.39. The van der Waals surface area contributed by atoms with Gasteiger partial charge in [-0.05, 0) is 49.6 Å². The molecule has 0 aliphatic rings. The molecule has 0 amide bonds. The molecule has 0 saturated heterocycles. The van der Waals surface area contributed by atoms with Crippen molar-refractivity contribution in [2.24, 2.45) is 5.41 Å². The van der Waals surface area contributed by atoms with Crippen molar-refractivity contribution >= 4 is 15.9 Å². The van der Waals surface area contributed by atoms with E-state index in [2.05, 4.69) is 42.0 Å². The van der Waals surface area contributed by atoms with Crippen LogP contribution in [0, 0.1) is 5.41 Å². The van der Waals surface area contributed by atoms with Crippen molar-refractivity contribution in [2.75, 3.05) is 13.7 Å². The van der Waals surface area contributed by atoms with Crippen molar-refractivity contribution in [3.63, 3.8) is 0 Å². The molecule has 18 heavy (non-hydrogen) atoms. The third-order valence-corrected chi connectivity index (χ3v) is 3.64. The van der Waals surface area contributed by atoms with Crippen molar-refractivity contribution in [2.45, 2.75) is 39.7 Å².